The topological polar surface area (TPSA) is 32.3 Å². The molecule has 1 heterocycles. The summed E-state index contributed by atoms with van der Waals surface area (Å²) >= 11 is 0. The number of nitrogens with zero attached hydrogens (tertiary/aromatic N) is 1. The number of nitrogens with one attached hydrogen (secondary N) is 1. The maximum Gasteiger partial charge on any atom is 0.317 e. The number of rotatable bonds is 5. The first kappa shape index (κ1) is 15.7. The van der Waals surface area contributed by atoms with Gasteiger partial charge in [-0.25, -0.2) is 13.6 Å². The molecular formula is C16H22F2N2O. The number of hydrogen-bond acceptors (Lipinski definition) is 1. The Labute approximate surface area is 124 Å². The highest BCUT2D eigenvalue weighted by molar-refractivity contribution is 5.74. The molecule has 21 heavy (non-hydrogen) atoms. The van der Waals surface area contributed by atoms with Crippen LogP contribution in [0.4, 0.5) is 13.6 Å². The fourth-order valence-electron chi connectivity index (χ4n) is 2.44. The molecule has 1 aliphatic heterocycles. The molecule has 5 heteroatoms. The molecule has 0 spiro atoms. The van der Waals surface area contributed by atoms with Gasteiger partial charge in [-0.05, 0) is 24.8 Å². The third-order valence-electron chi connectivity index (χ3n) is 3.79. The van der Waals surface area contributed by atoms with Gasteiger partial charge in [0.25, 0.3) is 5.92 Å². The van der Waals surface area contributed by atoms with Crippen LogP contribution in [0.3, 0.4) is 0 Å². The van der Waals surface area contributed by atoms with Gasteiger partial charge in [0.2, 0.25) is 0 Å². The van der Waals surface area contributed by atoms with E-state index in [1.807, 2.05) is 18.2 Å². The standard InChI is InChI=1S/C16H22F2N2O/c17-16(18)9-12-20(13-10-16)15(21)19-11-5-4-8-14-6-2-1-3-7-14/h1-3,6-7H,4-5,8-13H2,(H,19,21). The first-order chi connectivity index (χ1) is 10.1. The van der Waals surface area contributed by atoms with Crippen molar-refractivity contribution in [2.45, 2.75) is 38.0 Å². The van der Waals surface area contributed by atoms with E-state index in [1.165, 1.54) is 10.5 Å². The summed E-state index contributed by atoms with van der Waals surface area (Å²) in [6, 6.07) is 9.99. The minimum absolute atomic E-state index is 0.142. The number of halogens is 2. The monoisotopic (exact) mass is 296 g/mol. The number of urea groups is 1. The lowest BCUT2D eigenvalue weighted by atomic mass is 10.1. The second-order valence-corrected chi connectivity index (χ2v) is 5.52. The number of aryl methyl sites for hydroxylation is 1. The van der Waals surface area contributed by atoms with E-state index in [0.717, 1.165) is 19.3 Å². The zero-order valence-electron chi connectivity index (χ0n) is 12.2. The quantitative estimate of drug-likeness (QED) is 0.829. The van der Waals surface area contributed by atoms with Crippen molar-refractivity contribution < 1.29 is 13.6 Å². The Morgan fingerprint density at radius 3 is 2.48 bits per heavy atom. The molecule has 2 rings (SSSR count). The van der Waals surface area contributed by atoms with E-state index in [2.05, 4.69) is 17.4 Å². The molecule has 1 aliphatic rings. The summed E-state index contributed by atoms with van der Waals surface area (Å²) in [5.41, 5.74) is 1.29. The van der Waals surface area contributed by atoms with Crippen LogP contribution in [0, 0.1) is 0 Å². The van der Waals surface area contributed by atoms with E-state index in [9.17, 15) is 13.6 Å². The summed E-state index contributed by atoms with van der Waals surface area (Å²) < 4.78 is 26.0. The molecule has 1 saturated heterocycles. The average Bonchev–Trinajstić information content (AvgIpc) is 2.47. The lowest BCUT2D eigenvalue weighted by Gasteiger charge is -2.31. The highest BCUT2D eigenvalue weighted by Crippen LogP contribution is 2.27. The average molecular weight is 296 g/mol. The van der Waals surface area contributed by atoms with Crippen LogP contribution in [0.15, 0.2) is 30.3 Å². The van der Waals surface area contributed by atoms with Gasteiger partial charge in [0.15, 0.2) is 0 Å². The summed E-state index contributed by atoms with van der Waals surface area (Å²) in [4.78, 5) is 13.3. The lowest BCUT2D eigenvalue weighted by Crippen LogP contribution is -2.47. The zero-order valence-corrected chi connectivity index (χ0v) is 12.2. The molecule has 0 aliphatic carbocycles. The van der Waals surface area contributed by atoms with Gasteiger partial charge in [-0.1, -0.05) is 30.3 Å². The fourth-order valence-corrected chi connectivity index (χ4v) is 2.44. The third kappa shape index (κ3) is 5.33. The van der Waals surface area contributed by atoms with Crippen LogP contribution < -0.4 is 5.32 Å². The number of likely N-dealkylation sites (tertiary alicyclic amines) is 1. The van der Waals surface area contributed by atoms with Gasteiger partial charge in [-0.2, -0.15) is 0 Å². The molecule has 1 fully saturated rings. The second-order valence-electron chi connectivity index (χ2n) is 5.52. The molecule has 1 aromatic carbocycles. The van der Waals surface area contributed by atoms with Crippen molar-refractivity contribution in [1.29, 1.82) is 0 Å². The molecule has 0 aromatic heterocycles. The predicted octanol–water partition coefficient (Wildman–Crippen LogP) is 3.45. The number of hydrogen-bond donors (Lipinski definition) is 1. The fraction of sp³-hybridized carbons (Fsp3) is 0.562. The molecular weight excluding hydrogens is 274 g/mol. The number of carbonyl (C=O) groups is 1. The Morgan fingerprint density at radius 2 is 1.81 bits per heavy atom. The van der Waals surface area contributed by atoms with Gasteiger partial charge in [0.1, 0.15) is 0 Å². The van der Waals surface area contributed by atoms with Crippen molar-refractivity contribution in [3.63, 3.8) is 0 Å². The van der Waals surface area contributed by atoms with Crippen molar-refractivity contribution in [3.05, 3.63) is 35.9 Å². The van der Waals surface area contributed by atoms with E-state index in [-0.39, 0.29) is 32.0 Å². The zero-order chi connectivity index (χ0) is 15.1. The van der Waals surface area contributed by atoms with E-state index < -0.39 is 5.92 Å². The number of amides is 2. The third-order valence-corrected chi connectivity index (χ3v) is 3.79. The molecule has 0 radical (unpaired) electrons. The van der Waals surface area contributed by atoms with Gasteiger partial charge in [0, 0.05) is 32.5 Å². The van der Waals surface area contributed by atoms with Gasteiger partial charge >= 0.3 is 6.03 Å². The number of benzene rings is 1. The van der Waals surface area contributed by atoms with Crippen molar-refractivity contribution in [2.75, 3.05) is 19.6 Å². The molecule has 1 aromatic rings. The van der Waals surface area contributed by atoms with E-state index in [1.54, 1.807) is 0 Å². The second kappa shape index (κ2) is 7.38. The van der Waals surface area contributed by atoms with Gasteiger partial charge in [-0.15, -0.1) is 0 Å². The van der Waals surface area contributed by atoms with Gasteiger partial charge in [-0.3, -0.25) is 0 Å². The van der Waals surface area contributed by atoms with Gasteiger partial charge in [0.05, 0.1) is 0 Å². The normalized spacial score (nSPS) is 17.5. The Morgan fingerprint density at radius 1 is 1.14 bits per heavy atom. The number of unbranched alkanes of at least 4 members (excludes halogenated alkanes) is 1. The summed E-state index contributed by atoms with van der Waals surface area (Å²) in [6.07, 6.45) is 2.43. The summed E-state index contributed by atoms with van der Waals surface area (Å²) in [6.45, 7) is 0.879. The van der Waals surface area contributed by atoms with Crippen molar-refractivity contribution in [3.8, 4) is 0 Å². The number of carbonyl (C=O) groups excluding carboxylic acids is 1. The molecule has 0 bridgehead atoms. The van der Waals surface area contributed by atoms with Crippen molar-refractivity contribution in [2.24, 2.45) is 0 Å². The van der Waals surface area contributed by atoms with E-state index in [4.69, 9.17) is 0 Å². The Kier molecular flexibility index (Phi) is 5.53. The summed E-state index contributed by atoms with van der Waals surface area (Å²) in [7, 11) is 0. The Balaban J connectivity index is 1.57. The molecule has 116 valence electrons. The van der Waals surface area contributed by atoms with Crippen molar-refractivity contribution in [1.82, 2.24) is 10.2 Å². The molecule has 0 saturated carbocycles. The predicted molar refractivity (Wildman–Crippen MR) is 78.5 cm³/mol. The first-order valence-electron chi connectivity index (χ1n) is 7.51. The van der Waals surface area contributed by atoms with Crippen LogP contribution in [0.25, 0.3) is 0 Å². The highest BCUT2D eigenvalue weighted by atomic mass is 19.3. The Hall–Kier alpha value is -1.65. The summed E-state index contributed by atoms with van der Waals surface area (Å²) in [5.74, 6) is -2.60. The molecule has 3 nitrogen and oxygen atoms in total. The minimum Gasteiger partial charge on any atom is -0.338 e. The number of alkyl halides is 2. The van der Waals surface area contributed by atoms with E-state index in [0.29, 0.717) is 6.54 Å². The van der Waals surface area contributed by atoms with Crippen LogP contribution in [-0.4, -0.2) is 36.5 Å². The number of piperidine rings is 1. The highest BCUT2D eigenvalue weighted by Gasteiger charge is 2.35. The minimum atomic E-state index is -2.60. The maximum absolute atomic E-state index is 13.0. The lowest BCUT2D eigenvalue weighted by molar-refractivity contribution is -0.0469. The van der Waals surface area contributed by atoms with Gasteiger partial charge < -0.3 is 10.2 Å². The SMILES string of the molecule is O=C(NCCCCc1ccccc1)N1CCC(F)(F)CC1. The molecule has 0 unspecified atom stereocenters. The van der Waals surface area contributed by atoms with Crippen LogP contribution >= 0.6 is 0 Å². The van der Waals surface area contributed by atoms with Crippen LogP contribution in [0.2, 0.25) is 0 Å². The smallest absolute Gasteiger partial charge is 0.317 e. The summed E-state index contributed by atoms with van der Waals surface area (Å²) in [5, 5.41) is 2.81. The first-order valence-corrected chi connectivity index (χ1v) is 7.51. The van der Waals surface area contributed by atoms with Crippen LogP contribution in [0.5, 0.6) is 0 Å². The Bertz CT molecular complexity index is 441. The largest absolute Gasteiger partial charge is 0.338 e. The van der Waals surface area contributed by atoms with Crippen molar-refractivity contribution >= 4 is 6.03 Å². The molecule has 2 amide bonds. The molecule has 1 N–H and O–H groups in total. The van der Waals surface area contributed by atoms with Crippen LogP contribution in [-0.2, 0) is 6.42 Å². The van der Waals surface area contributed by atoms with E-state index >= 15 is 0 Å². The maximum atomic E-state index is 13.0. The molecule has 0 atom stereocenters. The van der Waals surface area contributed by atoms with Crippen LogP contribution in [0.1, 0.15) is 31.2 Å².